The molecule has 1 N–H and O–H groups in total. The Bertz CT molecular complexity index is 328. The van der Waals surface area contributed by atoms with Crippen molar-refractivity contribution in [3.05, 3.63) is 0 Å². The molecular weight excluding hydrogens is 224 g/mol. The van der Waals surface area contributed by atoms with Crippen molar-refractivity contribution >= 4 is 0 Å². The van der Waals surface area contributed by atoms with Crippen molar-refractivity contribution in [3.8, 4) is 6.07 Å². The Morgan fingerprint density at radius 1 is 1.06 bits per heavy atom. The van der Waals surface area contributed by atoms with Crippen molar-refractivity contribution in [2.24, 2.45) is 5.41 Å². The predicted octanol–water partition coefficient (Wildman–Crippen LogP) is 2.70. The molecule has 0 spiro atoms. The van der Waals surface area contributed by atoms with E-state index in [0.717, 1.165) is 58.0 Å². The molecule has 102 valence electrons. The molecule has 1 heterocycles. The first kappa shape index (κ1) is 13.8. The van der Waals surface area contributed by atoms with E-state index in [1.54, 1.807) is 0 Å². The SMILES string of the molecule is CC(C)N1CCCC(O)(C2(C#N)CCCC2)CC1. The number of likely N-dealkylation sites (tertiary alicyclic amines) is 1. The molecule has 0 radical (unpaired) electrons. The first-order chi connectivity index (χ1) is 8.53. The van der Waals surface area contributed by atoms with Crippen molar-refractivity contribution in [3.63, 3.8) is 0 Å². The second-order valence-electron chi connectivity index (χ2n) is 6.42. The Labute approximate surface area is 111 Å². The van der Waals surface area contributed by atoms with Gasteiger partial charge in [-0.05, 0) is 52.5 Å². The van der Waals surface area contributed by atoms with E-state index in [9.17, 15) is 10.4 Å². The van der Waals surface area contributed by atoms with Gasteiger partial charge < -0.3 is 10.0 Å². The van der Waals surface area contributed by atoms with Crippen LogP contribution in [-0.2, 0) is 0 Å². The number of hydrogen-bond acceptors (Lipinski definition) is 3. The second-order valence-corrected chi connectivity index (χ2v) is 6.42. The lowest BCUT2D eigenvalue weighted by Gasteiger charge is -2.40. The summed E-state index contributed by atoms with van der Waals surface area (Å²) in [5.41, 5.74) is -1.21. The van der Waals surface area contributed by atoms with E-state index >= 15 is 0 Å². The Morgan fingerprint density at radius 2 is 1.72 bits per heavy atom. The van der Waals surface area contributed by atoms with Gasteiger partial charge in [0.1, 0.15) is 0 Å². The molecular formula is C15H26N2O. The van der Waals surface area contributed by atoms with Gasteiger partial charge in [0, 0.05) is 12.6 Å². The van der Waals surface area contributed by atoms with Crippen molar-refractivity contribution in [2.75, 3.05) is 13.1 Å². The number of nitriles is 1. The minimum atomic E-state index is -0.748. The van der Waals surface area contributed by atoms with E-state index in [-0.39, 0.29) is 0 Å². The summed E-state index contributed by atoms with van der Waals surface area (Å²) < 4.78 is 0. The Hall–Kier alpha value is -0.590. The largest absolute Gasteiger partial charge is 0.388 e. The monoisotopic (exact) mass is 250 g/mol. The lowest BCUT2D eigenvalue weighted by Crippen LogP contribution is -2.47. The maximum Gasteiger partial charge on any atom is 0.0860 e. The lowest BCUT2D eigenvalue weighted by atomic mass is 9.68. The summed E-state index contributed by atoms with van der Waals surface area (Å²) in [6, 6.07) is 3.03. The molecule has 1 unspecified atom stereocenters. The van der Waals surface area contributed by atoms with Gasteiger partial charge in [-0.15, -0.1) is 0 Å². The van der Waals surface area contributed by atoms with Crippen LogP contribution in [0.15, 0.2) is 0 Å². The molecule has 2 fully saturated rings. The molecule has 3 nitrogen and oxygen atoms in total. The van der Waals surface area contributed by atoms with Gasteiger partial charge in [-0.2, -0.15) is 5.26 Å². The van der Waals surface area contributed by atoms with Crippen LogP contribution < -0.4 is 0 Å². The van der Waals surface area contributed by atoms with Crippen LogP contribution in [-0.4, -0.2) is 34.7 Å². The van der Waals surface area contributed by atoms with Gasteiger partial charge in [0.25, 0.3) is 0 Å². The topological polar surface area (TPSA) is 47.3 Å². The normalized spacial score (nSPS) is 33.3. The van der Waals surface area contributed by atoms with Crippen LogP contribution >= 0.6 is 0 Å². The van der Waals surface area contributed by atoms with Gasteiger partial charge in [0.05, 0.1) is 17.1 Å². The smallest absolute Gasteiger partial charge is 0.0860 e. The van der Waals surface area contributed by atoms with Gasteiger partial charge in [-0.1, -0.05) is 12.8 Å². The van der Waals surface area contributed by atoms with Crippen LogP contribution in [0, 0.1) is 16.7 Å². The average Bonchev–Trinajstić information content (AvgIpc) is 2.75. The summed E-state index contributed by atoms with van der Waals surface area (Å²) in [5, 5.41) is 20.6. The third-order valence-corrected chi connectivity index (χ3v) is 5.14. The highest BCUT2D eigenvalue weighted by atomic mass is 16.3. The minimum Gasteiger partial charge on any atom is -0.388 e. The van der Waals surface area contributed by atoms with Gasteiger partial charge >= 0.3 is 0 Å². The highest BCUT2D eigenvalue weighted by Crippen LogP contribution is 2.50. The summed E-state index contributed by atoms with van der Waals surface area (Å²) >= 11 is 0. The molecule has 0 amide bonds. The molecule has 0 aromatic carbocycles. The van der Waals surface area contributed by atoms with Gasteiger partial charge in [0.2, 0.25) is 0 Å². The third-order valence-electron chi connectivity index (χ3n) is 5.14. The van der Waals surface area contributed by atoms with Crippen molar-refractivity contribution in [1.29, 1.82) is 5.26 Å². The zero-order valence-corrected chi connectivity index (χ0v) is 11.8. The maximum atomic E-state index is 11.1. The van der Waals surface area contributed by atoms with Crippen LogP contribution in [0.4, 0.5) is 0 Å². The molecule has 3 heteroatoms. The molecule has 0 bridgehead atoms. The Morgan fingerprint density at radius 3 is 2.28 bits per heavy atom. The predicted molar refractivity (Wildman–Crippen MR) is 72.0 cm³/mol. The maximum absolute atomic E-state index is 11.1. The summed E-state index contributed by atoms with van der Waals surface area (Å²) in [5.74, 6) is 0. The Balaban J connectivity index is 2.14. The number of rotatable bonds is 2. The average molecular weight is 250 g/mol. The first-order valence-corrected chi connectivity index (χ1v) is 7.41. The van der Waals surface area contributed by atoms with E-state index < -0.39 is 11.0 Å². The molecule has 1 aliphatic carbocycles. The quantitative estimate of drug-likeness (QED) is 0.819. The lowest BCUT2D eigenvalue weighted by molar-refractivity contribution is -0.0643. The van der Waals surface area contributed by atoms with Gasteiger partial charge in [0.15, 0.2) is 0 Å². The Kier molecular flexibility index (Phi) is 3.99. The van der Waals surface area contributed by atoms with Crippen LogP contribution in [0.2, 0.25) is 0 Å². The fraction of sp³-hybridized carbons (Fsp3) is 0.933. The van der Waals surface area contributed by atoms with Crippen LogP contribution in [0.1, 0.15) is 58.8 Å². The molecule has 2 aliphatic rings. The van der Waals surface area contributed by atoms with E-state index in [1.165, 1.54) is 0 Å². The molecule has 1 aliphatic heterocycles. The molecule has 1 atom stereocenters. The fourth-order valence-electron chi connectivity index (χ4n) is 3.79. The standard InChI is InChI=1S/C15H26N2O/c1-13(2)17-10-5-8-15(18,9-11-17)14(12-16)6-3-4-7-14/h13,18H,3-11H2,1-2H3. The van der Waals surface area contributed by atoms with E-state index in [2.05, 4.69) is 24.8 Å². The highest BCUT2D eigenvalue weighted by molar-refractivity contribution is 5.14. The van der Waals surface area contributed by atoms with E-state index in [0.29, 0.717) is 6.04 Å². The summed E-state index contributed by atoms with van der Waals surface area (Å²) in [4.78, 5) is 2.43. The molecule has 0 aromatic rings. The highest BCUT2D eigenvalue weighted by Gasteiger charge is 2.52. The van der Waals surface area contributed by atoms with E-state index in [4.69, 9.17) is 0 Å². The molecule has 1 saturated heterocycles. The summed E-state index contributed by atoms with van der Waals surface area (Å²) in [6.07, 6.45) is 6.55. The fourth-order valence-corrected chi connectivity index (χ4v) is 3.79. The van der Waals surface area contributed by atoms with Crippen molar-refractivity contribution < 1.29 is 5.11 Å². The van der Waals surface area contributed by atoms with E-state index in [1.807, 2.05) is 0 Å². The first-order valence-electron chi connectivity index (χ1n) is 7.41. The van der Waals surface area contributed by atoms with Crippen molar-refractivity contribution in [1.82, 2.24) is 4.90 Å². The van der Waals surface area contributed by atoms with Crippen molar-refractivity contribution in [2.45, 2.75) is 70.4 Å². The zero-order chi connectivity index (χ0) is 13.2. The van der Waals surface area contributed by atoms with Crippen LogP contribution in [0.25, 0.3) is 0 Å². The summed E-state index contributed by atoms with van der Waals surface area (Å²) in [7, 11) is 0. The number of hydrogen-bond donors (Lipinski definition) is 1. The molecule has 0 aromatic heterocycles. The second kappa shape index (κ2) is 5.19. The third kappa shape index (κ3) is 2.29. The molecule has 1 saturated carbocycles. The van der Waals surface area contributed by atoms with Gasteiger partial charge in [-0.3, -0.25) is 0 Å². The molecule has 2 rings (SSSR count). The number of nitrogens with zero attached hydrogens (tertiary/aromatic N) is 2. The molecule has 18 heavy (non-hydrogen) atoms. The van der Waals surface area contributed by atoms with Crippen LogP contribution in [0.5, 0.6) is 0 Å². The summed E-state index contributed by atoms with van der Waals surface area (Å²) in [6.45, 7) is 6.40. The van der Waals surface area contributed by atoms with Crippen LogP contribution in [0.3, 0.4) is 0 Å². The number of aliphatic hydroxyl groups is 1. The zero-order valence-electron chi connectivity index (χ0n) is 11.8. The van der Waals surface area contributed by atoms with Gasteiger partial charge in [-0.25, -0.2) is 0 Å². The minimum absolute atomic E-state index is 0.458.